The lowest BCUT2D eigenvalue weighted by Gasteiger charge is -2.14. The predicted octanol–water partition coefficient (Wildman–Crippen LogP) is 0.502. The van der Waals surface area contributed by atoms with Gasteiger partial charge in [-0.05, 0) is 38.1 Å². The molecule has 0 radical (unpaired) electrons. The topological polar surface area (TPSA) is 92.3 Å². The first-order valence-corrected chi connectivity index (χ1v) is 9.55. The number of anilines is 1. The smallest absolute Gasteiger partial charge is 0.240 e. The van der Waals surface area contributed by atoms with E-state index in [9.17, 15) is 16.8 Å². The van der Waals surface area contributed by atoms with Crippen LogP contribution in [0.4, 0.5) is 5.69 Å². The number of nitrogens with one attached hydrogen (secondary N) is 2. The monoisotopic (exact) mass is 318 g/mol. The molecule has 20 heavy (non-hydrogen) atoms. The number of hydrogen-bond acceptors (Lipinski definition) is 5. The SMILES string of the molecule is CNS(=O)(=O)c1cc(NC2CCS(=O)(=O)C2)ccc1C. The van der Waals surface area contributed by atoms with Gasteiger partial charge in [-0.2, -0.15) is 0 Å². The zero-order chi connectivity index (χ0) is 15.0. The Morgan fingerprint density at radius 3 is 2.55 bits per heavy atom. The van der Waals surface area contributed by atoms with Gasteiger partial charge < -0.3 is 5.32 Å². The third-order valence-corrected chi connectivity index (χ3v) is 6.67. The van der Waals surface area contributed by atoms with Crippen molar-refractivity contribution in [1.29, 1.82) is 0 Å². The van der Waals surface area contributed by atoms with Gasteiger partial charge in [-0.25, -0.2) is 21.6 Å². The van der Waals surface area contributed by atoms with E-state index in [0.29, 0.717) is 17.7 Å². The Kier molecular flexibility index (Phi) is 4.08. The van der Waals surface area contributed by atoms with Crippen molar-refractivity contribution >= 4 is 25.5 Å². The molecule has 0 saturated carbocycles. The number of benzene rings is 1. The first-order valence-electron chi connectivity index (χ1n) is 6.25. The molecule has 0 amide bonds. The molecule has 1 unspecified atom stereocenters. The lowest BCUT2D eigenvalue weighted by molar-refractivity contribution is 0.587. The zero-order valence-corrected chi connectivity index (χ0v) is 13.0. The number of sulfone groups is 1. The van der Waals surface area contributed by atoms with Gasteiger partial charge in [0.1, 0.15) is 0 Å². The van der Waals surface area contributed by atoms with Gasteiger partial charge in [0.15, 0.2) is 9.84 Å². The summed E-state index contributed by atoms with van der Waals surface area (Å²) in [6.45, 7) is 1.72. The third kappa shape index (κ3) is 3.31. The van der Waals surface area contributed by atoms with Crippen molar-refractivity contribution in [2.24, 2.45) is 0 Å². The van der Waals surface area contributed by atoms with Crippen LogP contribution in [0, 0.1) is 6.92 Å². The summed E-state index contributed by atoms with van der Waals surface area (Å²) in [6, 6.07) is 4.84. The van der Waals surface area contributed by atoms with E-state index in [1.807, 2.05) is 0 Å². The molecule has 112 valence electrons. The van der Waals surface area contributed by atoms with Crippen molar-refractivity contribution in [1.82, 2.24) is 4.72 Å². The highest BCUT2D eigenvalue weighted by atomic mass is 32.2. The van der Waals surface area contributed by atoms with Gasteiger partial charge in [-0.1, -0.05) is 6.07 Å². The predicted molar refractivity (Wildman–Crippen MR) is 78.1 cm³/mol. The Labute approximate surface area is 119 Å². The van der Waals surface area contributed by atoms with E-state index in [2.05, 4.69) is 10.0 Å². The van der Waals surface area contributed by atoms with Crippen LogP contribution in [-0.4, -0.2) is 41.4 Å². The van der Waals surface area contributed by atoms with Crippen LogP contribution < -0.4 is 10.0 Å². The van der Waals surface area contributed by atoms with Crippen molar-refractivity contribution in [2.75, 3.05) is 23.9 Å². The highest BCUT2D eigenvalue weighted by molar-refractivity contribution is 7.91. The molecule has 1 heterocycles. The highest BCUT2D eigenvalue weighted by Gasteiger charge is 2.28. The van der Waals surface area contributed by atoms with Crippen LogP contribution in [0.1, 0.15) is 12.0 Å². The van der Waals surface area contributed by atoms with Gasteiger partial charge in [0.25, 0.3) is 0 Å². The lowest BCUT2D eigenvalue weighted by atomic mass is 10.2. The van der Waals surface area contributed by atoms with Gasteiger partial charge in [-0.3, -0.25) is 0 Å². The van der Waals surface area contributed by atoms with E-state index in [1.165, 1.54) is 13.1 Å². The molecule has 2 N–H and O–H groups in total. The maximum Gasteiger partial charge on any atom is 0.240 e. The molecule has 1 fully saturated rings. The Morgan fingerprint density at radius 2 is 2.00 bits per heavy atom. The minimum atomic E-state index is -3.52. The lowest BCUT2D eigenvalue weighted by Crippen LogP contribution is -2.22. The van der Waals surface area contributed by atoms with E-state index in [1.54, 1.807) is 19.1 Å². The largest absolute Gasteiger partial charge is 0.381 e. The van der Waals surface area contributed by atoms with Crippen molar-refractivity contribution in [3.8, 4) is 0 Å². The van der Waals surface area contributed by atoms with Crippen molar-refractivity contribution < 1.29 is 16.8 Å². The third-order valence-electron chi connectivity index (χ3n) is 3.35. The molecule has 1 atom stereocenters. The van der Waals surface area contributed by atoms with Crippen molar-refractivity contribution in [3.63, 3.8) is 0 Å². The minimum Gasteiger partial charge on any atom is -0.381 e. The van der Waals surface area contributed by atoms with Crippen molar-refractivity contribution in [3.05, 3.63) is 23.8 Å². The summed E-state index contributed by atoms with van der Waals surface area (Å²) >= 11 is 0. The number of aryl methyl sites for hydroxylation is 1. The summed E-state index contributed by atoms with van der Waals surface area (Å²) in [5.41, 5.74) is 1.26. The van der Waals surface area contributed by atoms with E-state index < -0.39 is 19.9 Å². The molecule has 8 heteroatoms. The Morgan fingerprint density at radius 1 is 1.30 bits per heavy atom. The quantitative estimate of drug-likeness (QED) is 0.843. The van der Waals surface area contributed by atoms with E-state index in [4.69, 9.17) is 0 Å². The highest BCUT2D eigenvalue weighted by Crippen LogP contribution is 2.22. The molecular weight excluding hydrogens is 300 g/mol. The van der Waals surface area contributed by atoms with Crippen molar-refractivity contribution in [2.45, 2.75) is 24.3 Å². The molecule has 2 rings (SSSR count). The fourth-order valence-electron chi connectivity index (χ4n) is 2.23. The second kappa shape index (κ2) is 5.34. The van der Waals surface area contributed by atoms with Crippen LogP contribution in [0.3, 0.4) is 0 Å². The van der Waals surface area contributed by atoms with E-state index >= 15 is 0 Å². The molecular formula is C12H18N2O4S2. The average molecular weight is 318 g/mol. The van der Waals surface area contributed by atoms with Gasteiger partial charge in [0, 0.05) is 11.7 Å². The average Bonchev–Trinajstić information content (AvgIpc) is 2.71. The van der Waals surface area contributed by atoms with Crippen LogP contribution in [-0.2, 0) is 19.9 Å². The Hall–Kier alpha value is -1.12. The first-order chi connectivity index (χ1) is 9.23. The molecule has 1 aromatic rings. The molecule has 1 aromatic carbocycles. The summed E-state index contributed by atoms with van der Waals surface area (Å²) in [5, 5.41) is 3.09. The van der Waals surface area contributed by atoms with Crippen LogP contribution >= 0.6 is 0 Å². The molecule has 0 aliphatic carbocycles. The summed E-state index contributed by atoms with van der Waals surface area (Å²) in [6.07, 6.45) is 0.546. The maximum absolute atomic E-state index is 11.9. The Balaban J connectivity index is 2.25. The van der Waals surface area contributed by atoms with Crippen LogP contribution in [0.15, 0.2) is 23.1 Å². The summed E-state index contributed by atoms with van der Waals surface area (Å²) in [7, 11) is -5.12. The minimum absolute atomic E-state index is 0.0922. The normalized spacial score (nSPS) is 21.8. The second-order valence-corrected chi connectivity index (χ2v) is 9.02. The molecule has 1 aliphatic rings. The molecule has 1 saturated heterocycles. The van der Waals surface area contributed by atoms with Crippen LogP contribution in [0.5, 0.6) is 0 Å². The fraction of sp³-hybridized carbons (Fsp3) is 0.500. The molecule has 6 nitrogen and oxygen atoms in total. The fourth-order valence-corrected chi connectivity index (χ4v) is 4.90. The molecule has 1 aliphatic heterocycles. The maximum atomic E-state index is 11.9. The number of hydrogen-bond donors (Lipinski definition) is 2. The van der Waals surface area contributed by atoms with E-state index in [0.717, 1.165) is 0 Å². The summed E-state index contributed by atoms with van der Waals surface area (Å²) < 4.78 is 48.9. The van der Waals surface area contributed by atoms with Crippen LogP contribution in [0.25, 0.3) is 0 Å². The van der Waals surface area contributed by atoms with Gasteiger partial charge in [-0.15, -0.1) is 0 Å². The second-order valence-electron chi connectivity index (χ2n) is 4.93. The van der Waals surface area contributed by atoms with E-state index in [-0.39, 0.29) is 22.4 Å². The Bertz CT molecular complexity index is 711. The molecule has 0 bridgehead atoms. The van der Waals surface area contributed by atoms with Gasteiger partial charge in [0.05, 0.1) is 16.4 Å². The number of sulfonamides is 1. The molecule has 0 aromatic heterocycles. The summed E-state index contributed by atoms with van der Waals surface area (Å²) in [5.74, 6) is 0.271. The molecule has 0 spiro atoms. The first kappa shape index (κ1) is 15.3. The number of rotatable bonds is 4. The zero-order valence-electron chi connectivity index (χ0n) is 11.4. The van der Waals surface area contributed by atoms with Gasteiger partial charge in [0.2, 0.25) is 10.0 Å². The summed E-state index contributed by atoms with van der Waals surface area (Å²) in [4.78, 5) is 0.200. The van der Waals surface area contributed by atoms with Gasteiger partial charge >= 0.3 is 0 Å². The standard InChI is InChI=1S/C12H18N2O4S2/c1-9-3-4-10(7-12(9)20(17,18)13-2)14-11-5-6-19(15,16)8-11/h3-4,7,11,13-14H,5-6,8H2,1-2H3. The van der Waals surface area contributed by atoms with Crippen LogP contribution in [0.2, 0.25) is 0 Å².